The van der Waals surface area contributed by atoms with Gasteiger partial charge in [0.2, 0.25) is 5.91 Å². The van der Waals surface area contributed by atoms with E-state index in [1.54, 1.807) is 6.07 Å². The first-order valence-corrected chi connectivity index (χ1v) is 20.0. The maximum Gasteiger partial charge on any atom is 0.317 e. The summed E-state index contributed by atoms with van der Waals surface area (Å²) in [5, 5.41) is 21.5. The van der Waals surface area contributed by atoms with Crippen LogP contribution in [0, 0.1) is 0 Å². The van der Waals surface area contributed by atoms with Gasteiger partial charge in [-0.15, -0.1) is 0 Å². The van der Waals surface area contributed by atoms with E-state index in [0.29, 0.717) is 18.5 Å². The van der Waals surface area contributed by atoms with E-state index in [9.17, 15) is 24.6 Å². The lowest BCUT2D eigenvalue weighted by molar-refractivity contribution is -0.142. The first-order valence-electron chi connectivity index (χ1n) is 20.0. The zero-order valence-corrected chi connectivity index (χ0v) is 32.9. The summed E-state index contributed by atoms with van der Waals surface area (Å²) in [4.78, 5) is 55.4. The summed E-state index contributed by atoms with van der Waals surface area (Å²) in [6.45, 7) is -1.59. The summed E-state index contributed by atoms with van der Waals surface area (Å²) in [5.41, 5.74) is 15.0. The normalized spacial score (nSPS) is 12.1. The largest absolute Gasteiger partial charge is 0.480 e. The van der Waals surface area contributed by atoms with Crippen LogP contribution in [0.5, 0.6) is 0 Å². The fourth-order valence-electron chi connectivity index (χ4n) is 8.25. The Morgan fingerprint density at radius 3 is 1.41 bits per heavy atom. The van der Waals surface area contributed by atoms with Gasteiger partial charge in [0.25, 0.3) is 0 Å². The zero-order valence-electron chi connectivity index (χ0n) is 32.9. The number of rotatable bonds is 11. The lowest BCUT2D eigenvalue weighted by atomic mass is 10.0. The molecule has 0 aliphatic carbocycles. The molecule has 8 bridgehead atoms. The molecule has 11 heteroatoms. The average Bonchev–Trinajstić information content (AvgIpc) is 4.10. The zero-order chi connectivity index (χ0) is 41.9. The summed E-state index contributed by atoms with van der Waals surface area (Å²) >= 11 is 0. The number of aromatic amines is 2. The molecule has 0 atom stereocenters. The van der Waals surface area contributed by atoms with Crippen LogP contribution in [-0.2, 0) is 27.2 Å². The quantitative estimate of drug-likeness (QED) is 0.0864. The van der Waals surface area contributed by atoms with E-state index >= 15 is 0 Å². The molecule has 0 saturated carbocycles. The Labute approximate surface area is 350 Å². The van der Waals surface area contributed by atoms with Gasteiger partial charge in [0.15, 0.2) is 0 Å². The number of aliphatic carboxylic acids is 2. The molecule has 1 amide bonds. The number of carboxylic acid groups (broad SMARTS) is 2. The van der Waals surface area contributed by atoms with Crippen LogP contribution in [0.15, 0.2) is 140 Å². The van der Waals surface area contributed by atoms with Crippen LogP contribution in [-0.4, -0.2) is 72.5 Å². The number of hydrogen-bond acceptors (Lipinski definition) is 6. The highest BCUT2D eigenvalue weighted by Gasteiger charge is 2.22. The number of carboxylic acids is 2. The number of carbonyl (C=O) groups is 3. The first-order chi connectivity index (χ1) is 29.8. The molecule has 9 rings (SSSR count). The summed E-state index contributed by atoms with van der Waals surface area (Å²) in [5.74, 6) is -3.00. The molecule has 61 heavy (non-hydrogen) atoms. The molecule has 5 heterocycles. The monoisotopic (exact) mass is 804 g/mol. The Morgan fingerprint density at radius 2 is 0.934 bits per heavy atom. The number of aromatic nitrogens is 4. The van der Waals surface area contributed by atoms with Crippen molar-refractivity contribution in [2.45, 2.75) is 12.8 Å². The van der Waals surface area contributed by atoms with Crippen molar-refractivity contribution < 1.29 is 24.6 Å². The highest BCUT2D eigenvalue weighted by Crippen LogP contribution is 2.38. The Kier molecular flexibility index (Phi) is 10.6. The molecule has 3 aromatic heterocycles. The second-order valence-electron chi connectivity index (χ2n) is 15.0. The van der Waals surface area contributed by atoms with E-state index in [0.717, 1.165) is 94.3 Å². The first kappa shape index (κ1) is 38.6. The van der Waals surface area contributed by atoms with E-state index in [4.69, 9.17) is 9.97 Å². The molecule has 7 aromatic rings. The summed E-state index contributed by atoms with van der Waals surface area (Å²) in [6, 6.07) is 46.5. The lowest BCUT2D eigenvalue weighted by Gasteiger charge is -2.17. The minimum absolute atomic E-state index is 0.414. The van der Waals surface area contributed by atoms with Crippen molar-refractivity contribution in [1.82, 2.24) is 24.8 Å². The fraction of sp³-hybridized carbons (Fsp3) is 0.100. The third-order valence-corrected chi connectivity index (χ3v) is 10.8. The van der Waals surface area contributed by atoms with Gasteiger partial charge < -0.3 is 25.5 Å². The Bertz CT molecular complexity index is 3000. The van der Waals surface area contributed by atoms with Gasteiger partial charge in [-0.05, 0) is 83.6 Å². The Balaban J connectivity index is 1.30. The minimum Gasteiger partial charge on any atom is -0.480 e. The number of hydrogen-bond donors (Lipinski definition) is 5. The summed E-state index contributed by atoms with van der Waals surface area (Å²) in [6.07, 6.45) is 5.46. The molecule has 0 radical (unpaired) electrons. The number of amides is 1. The number of H-pyrrole nitrogens is 2. The fourth-order valence-corrected chi connectivity index (χ4v) is 8.25. The van der Waals surface area contributed by atoms with E-state index in [-0.39, 0.29) is 0 Å². The van der Waals surface area contributed by atoms with Crippen LogP contribution in [0.1, 0.15) is 22.8 Å². The van der Waals surface area contributed by atoms with Gasteiger partial charge in [-0.25, -0.2) is 4.98 Å². The molecule has 2 aliphatic rings. The van der Waals surface area contributed by atoms with E-state index in [2.05, 4.69) is 88.1 Å². The van der Waals surface area contributed by atoms with Gasteiger partial charge in [-0.1, -0.05) is 103 Å². The molecule has 11 nitrogen and oxygen atoms in total. The minimum atomic E-state index is -1.23. The Hall–Kier alpha value is -7.89. The van der Waals surface area contributed by atoms with Gasteiger partial charge in [0, 0.05) is 50.0 Å². The van der Waals surface area contributed by atoms with Gasteiger partial charge in [0.05, 0.1) is 42.4 Å². The van der Waals surface area contributed by atoms with E-state index in [1.807, 2.05) is 72.8 Å². The topological polar surface area (TPSA) is 164 Å². The third-order valence-electron chi connectivity index (χ3n) is 10.8. The number of nitrogens with one attached hydrogen (secondary N) is 3. The molecule has 0 fully saturated rings. The summed E-state index contributed by atoms with van der Waals surface area (Å²) in [7, 11) is 0. The molecular weight excluding hydrogens is 765 g/mol. The van der Waals surface area contributed by atoms with Crippen LogP contribution < -0.4 is 5.32 Å². The summed E-state index contributed by atoms with van der Waals surface area (Å²) < 4.78 is 0. The number of carbonyl (C=O) groups excluding carboxylic acids is 1. The van der Waals surface area contributed by atoms with Crippen molar-refractivity contribution in [2.24, 2.45) is 0 Å². The molecule has 0 spiro atoms. The number of benzene rings is 4. The van der Waals surface area contributed by atoms with Crippen LogP contribution in [0.4, 0.5) is 5.69 Å². The molecule has 300 valence electrons. The predicted octanol–water partition coefficient (Wildman–Crippen LogP) is 9.35. The maximum atomic E-state index is 13.2. The van der Waals surface area contributed by atoms with Crippen molar-refractivity contribution in [1.29, 1.82) is 0 Å². The average molecular weight is 805 g/mol. The van der Waals surface area contributed by atoms with E-state index in [1.165, 1.54) is 0 Å². The second-order valence-corrected chi connectivity index (χ2v) is 15.0. The van der Waals surface area contributed by atoms with Crippen molar-refractivity contribution in [3.63, 3.8) is 0 Å². The van der Waals surface area contributed by atoms with E-state index < -0.39 is 37.5 Å². The molecule has 4 aromatic carbocycles. The maximum absolute atomic E-state index is 13.2. The smallest absolute Gasteiger partial charge is 0.317 e. The third kappa shape index (κ3) is 8.23. The standard InChI is InChI=1S/C50H40N6O5/c57-44(28-56(29-45(58)59)30-46(60)61)51-35-18-10-17-34(27-35)50-42-25-23-40(54-42)48(32-13-6-2-7-14-32)38-21-19-36(52-38)47(31-11-4-1-5-12-31)37-20-22-39(53-37)49(33-15-8-3-9-16-33)41-24-26-43(50)55-41/h1-23,25,27,53-54H,24,26,28-30H2,(H,51,57)(H,58,59)(H,60,61). The van der Waals surface area contributed by atoms with Crippen molar-refractivity contribution in [2.75, 3.05) is 25.0 Å². The van der Waals surface area contributed by atoms with Crippen LogP contribution in [0.25, 0.3) is 78.7 Å². The predicted molar refractivity (Wildman–Crippen MR) is 239 cm³/mol. The molecule has 2 aliphatic heterocycles. The Morgan fingerprint density at radius 1 is 0.508 bits per heavy atom. The number of aryl methyl sites for hydroxylation is 2. The van der Waals surface area contributed by atoms with Gasteiger partial charge in [-0.3, -0.25) is 24.3 Å². The lowest BCUT2D eigenvalue weighted by Crippen LogP contribution is -2.40. The highest BCUT2D eigenvalue weighted by atomic mass is 16.4. The SMILES string of the molecule is O=C(O)CN(CC(=O)O)CC(=O)Nc1cccc(-c2c3nc(c(-c4ccccc4)c4ccc([nH]4)c(-c4ccccc4)c4nc(c(-c5ccccc5)c5ccc2[nH]5)C=C4)CC3)c1. The number of fused-ring (bicyclic) bond motifs is 8. The molecule has 0 saturated heterocycles. The van der Waals surface area contributed by atoms with Crippen LogP contribution in [0.3, 0.4) is 0 Å². The highest BCUT2D eigenvalue weighted by molar-refractivity contribution is 5.98. The molecule has 5 N–H and O–H groups in total. The molecular formula is C50H40N6O5. The van der Waals surface area contributed by atoms with Gasteiger partial charge in [-0.2, -0.15) is 0 Å². The molecule has 0 unspecified atom stereocenters. The van der Waals surface area contributed by atoms with Crippen molar-refractivity contribution in [3.8, 4) is 44.5 Å². The van der Waals surface area contributed by atoms with Crippen LogP contribution in [0.2, 0.25) is 0 Å². The van der Waals surface area contributed by atoms with Gasteiger partial charge >= 0.3 is 11.9 Å². The number of anilines is 1. The van der Waals surface area contributed by atoms with Crippen molar-refractivity contribution in [3.05, 3.63) is 162 Å². The number of nitrogens with zero attached hydrogens (tertiary/aromatic N) is 3. The van der Waals surface area contributed by atoms with Gasteiger partial charge in [0.1, 0.15) is 0 Å². The van der Waals surface area contributed by atoms with Crippen LogP contribution >= 0.6 is 0 Å². The van der Waals surface area contributed by atoms with Crippen molar-refractivity contribution >= 4 is 57.8 Å². The second kappa shape index (κ2) is 16.8.